The smallest absolute Gasteiger partial charge is 0.209 e. The molecule has 1 saturated carbocycles. The van der Waals surface area contributed by atoms with Gasteiger partial charge in [-0.1, -0.05) is 18.2 Å². The van der Waals surface area contributed by atoms with Gasteiger partial charge in [-0.2, -0.15) is 0 Å². The summed E-state index contributed by atoms with van der Waals surface area (Å²) in [6.07, 6.45) is 4.62. The van der Waals surface area contributed by atoms with Crippen molar-refractivity contribution in [3.8, 4) is 5.75 Å². The van der Waals surface area contributed by atoms with Crippen molar-refractivity contribution in [1.82, 2.24) is 4.90 Å². The minimum absolute atomic E-state index is 0.389. The Bertz CT molecular complexity index is 492. The number of hydrogen-bond donors (Lipinski definition) is 0. The van der Waals surface area contributed by atoms with Gasteiger partial charge < -0.3 is 9.64 Å². The van der Waals surface area contributed by atoms with Crippen LogP contribution >= 0.6 is 0 Å². The van der Waals surface area contributed by atoms with E-state index in [4.69, 9.17) is 4.74 Å². The van der Waals surface area contributed by atoms with Gasteiger partial charge in [0.05, 0.1) is 7.11 Å². The molecule has 2 aliphatic rings. The van der Waals surface area contributed by atoms with Gasteiger partial charge in [-0.05, 0) is 43.2 Å². The molecule has 0 bridgehead atoms. The monoisotopic (exact) mass is 259 g/mol. The first kappa shape index (κ1) is 12.5. The van der Waals surface area contributed by atoms with E-state index in [1.165, 1.54) is 30.4 Å². The van der Waals surface area contributed by atoms with E-state index in [2.05, 4.69) is 25.1 Å². The summed E-state index contributed by atoms with van der Waals surface area (Å²) in [6, 6.07) is 6.42. The predicted molar refractivity (Wildman–Crippen MR) is 74.4 cm³/mol. The molecule has 3 heteroatoms. The molecule has 3 nitrogen and oxygen atoms in total. The fourth-order valence-electron chi connectivity index (χ4n) is 3.93. The third-order valence-electron chi connectivity index (χ3n) is 4.81. The average molecular weight is 259 g/mol. The molecule has 1 aliphatic heterocycles. The van der Waals surface area contributed by atoms with Gasteiger partial charge in [0, 0.05) is 18.5 Å². The summed E-state index contributed by atoms with van der Waals surface area (Å²) in [6.45, 7) is 3.99. The highest BCUT2D eigenvalue weighted by Crippen LogP contribution is 2.52. The Kier molecular flexibility index (Phi) is 3.00. The summed E-state index contributed by atoms with van der Waals surface area (Å²) in [7, 11) is 1.76. The van der Waals surface area contributed by atoms with Gasteiger partial charge in [0.2, 0.25) is 6.41 Å². The molecule has 19 heavy (non-hydrogen) atoms. The molecule has 1 heterocycles. The molecule has 1 spiro atoms. The van der Waals surface area contributed by atoms with E-state index < -0.39 is 0 Å². The number of likely N-dealkylation sites (tertiary alicyclic amines) is 1. The lowest BCUT2D eigenvalue weighted by Gasteiger charge is -2.46. The van der Waals surface area contributed by atoms with Crippen LogP contribution in [0.25, 0.3) is 0 Å². The maximum Gasteiger partial charge on any atom is 0.209 e. The quantitative estimate of drug-likeness (QED) is 0.781. The van der Waals surface area contributed by atoms with Crippen LogP contribution in [0.15, 0.2) is 18.2 Å². The molecular weight excluding hydrogens is 238 g/mol. The van der Waals surface area contributed by atoms with Crippen molar-refractivity contribution in [2.45, 2.75) is 32.1 Å². The number of carbonyl (C=O) groups is 1. The van der Waals surface area contributed by atoms with E-state index in [9.17, 15) is 4.79 Å². The number of aryl methyl sites for hydroxylation is 1. The number of ether oxygens (including phenoxy) is 1. The van der Waals surface area contributed by atoms with Crippen molar-refractivity contribution in [2.24, 2.45) is 5.41 Å². The highest BCUT2D eigenvalue weighted by Gasteiger charge is 2.48. The molecule has 1 aromatic rings. The highest BCUT2D eigenvalue weighted by molar-refractivity contribution is 5.50. The third kappa shape index (κ3) is 2.01. The molecule has 2 fully saturated rings. The van der Waals surface area contributed by atoms with Gasteiger partial charge in [0.1, 0.15) is 5.75 Å². The normalized spacial score (nSPS) is 24.3. The first-order valence-corrected chi connectivity index (χ1v) is 7.00. The van der Waals surface area contributed by atoms with Crippen LogP contribution in [0.4, 0.5) is 0 Å². The first-order valence-electron chi connectivity index (χ1n) is 7.00. The molecule has 0 aromatic heterocycles. The summed E-state index contributed by atoms with van der Waals surface area (Å²) in [5.74, 6) is 1.64. The number of nitrogens with zero attached hydrogens (tertiary/aromatic N) is 1. The van der Waals surface area contributed by atoms with Crippen LogP contribution in [0.1, 0.15) is 36.3 Å². The Morgan fingerprint density at radius 2 is 2.21 bits per heavy atom. The van der Waals surface area contributed by atoms with Crippen LogP contribution in [0.5, 0.6) is 5.75 Å². The zero-order chi connectivity index (χ0) is 13.5. The summed E-state index contributed by atoms with van der Waals surface area (Å²) in [4.78, 5) is 12.6. The SMILES string of the molecule is COc1c(C)cccc1C1CCC2(C1)CN(C=O)C2. The molecule has 3 rings (SSSR count). The summed E-state index contributed by atoms with van der Waals surface area (Å²) in [5, 5.41) is 0. The number of carbonyl (C=O) groups excluding carboxylic acids is 1. The van der Waals surface area contributed by atoms with Crippen molar-refractivity contribution in [3.63, 3.8) is 0 Å². The van der Waals surface area contributed by atoms with E-state index in [0.29, 0.717) is 11.3 Å². The summed E-state index contributed by atoms with van der Waals surface area (Å²) >= 11 is 0. The van der Waals surface area contributed by atoms with Crippen LogP contribution in [0.2, 0.25) is 0 Å². The van der Waals surface area contributed by atoms with Gasteiger partial charge in [0.15, 0.2) is 0 Å². The topological polar surface area (TPSA) is 29.5 Å². The van der Waals surface area contributed by atoms with Crippen LogP contribution in [-0.2, 0) is 4.79 Å². The van der Waals surface area contributed by atoms with Crippen LogP contribution in [-0.4, -0.2) is 31.5 Å². The molecule has 1 saturated heterocycles. The van der Waals surface area contributed by atoms with E-state index in [-0.39, 0.29) is 0 Å². The van der Waals surface area contributed by atoms with Crippen molar-refractivity contribution in [3.05, 3.63) is 29.3 Å². The molecular formula is C16H21NO2. The predicted octanol–water partition coefficient (Wildman–Crippen LogP) is 2.73. The van der Waals surface area contributed by atoms with Gasteiger partial charge in [-0.25, -0.2) is 0 Å². The Balaban J connectivity index is 1.79. The highest BCUT2D eigenvalue weighted by atomic mass is 16.5. The maximum atomic E-state index is 10.7. The van der Waals surface area contributed by atoms with Gasteiger partial charge in [-0.15, -0.1) is 0 Å². The lowest BCUT2D eigenvalue weighted by molar-refractivity contribution is -0.129. The molecule has 0 N–H and O–H groups in total. The van der Waals surface area contributed by atoms with Gasteiger partial charge in [0.25, 0.3) is 0 Å². The zero-order valence-corrected chi connectivity index (χ0v) is 11.7. The maximum absolute atomic E-state index is 10.7. The lowest BCUT2D eigenvalue weighted by atomic mass is 9.77. The van der Waals surface area contributed by atoms with Crippen LogP contribution in [0, 0.1) is 12.3 Å². The van der Waals surface area contributed by atoms with Crippen molar-refractivity contribution in [2.75, 3.05) is 20.2 Å². The summed E-state index contributed by atoms with van der Waals surface area (Å²) in [5.41, 5.74) is 2.95. The number of benzene rings is 1. The van der Waals surface area contributed by atoms with E-state index in [0.717, 1.165) is 25.2 Å². The Morgan fingerprint density at radius 3 is 2.89 bits per heavy atom. The van der Waals surface area contributed by atoms with Crippen LogP contribution in [0.3, 0.4) is 0 Å². The zero-order valence-electron chi connectivity index (χ0n) is 11.7. The second-order valence-electron chi connectivity index (χ2n) is 6.15. The molecule has 1 atom stereocenters. The number of amides is 1. The Labute approximate surface area is 114 Å². The van der Waals surface area contributed by atoms with Crippen molar-refractivity contribution < 1.29 is 9.53 Å². The minimum atomic E-state index is 0.389. The van der Waals surface area contributed by atoms with E-state index in [1.807, 2.05) is 4.90 Å². The fourth-order valence-corrected chi connectivity index (χ4v) is 3.93. The number of para-hydroxylation sites is 1. The van der Waals surface area contributed by atoms with Gasteiger partial charge in [-0.3, -0.25) is 4.79 Å². The molecule has 102 valence electrons. The van der Waals surface area contributed by atoms with E-state index in [1.54, 1.807) is 7.11 Å². The number of rotatable bonds is 3. The number of hydrogen-bond acceptors (Lipinski definition) is 2. The van der Waals surface area contributed by atoms with Crippen molar-refractivity contribution >= 4 is 6.41 Å². The second-order valence-corrected chi connectivity index (χ2v) is 6.15. The molecule has 1 aliphatic carbocycles. The van der Waals surface area contributed by atoms with E-state index >= 15 is 0 Å². The van der Waals surface area contributed by atoms with Crippen LogP contribution < -0.4 is 4.74 Å². The van der Waals surface area contributed by atoms with Gasteiger partial charge >= 0.3 is 0 Å². The Morgan fingerprint density at radius 1 is 1.42 bits per heavy atom. The summed E-state index contributed by atoms with van der Waals surface area (Å²) < 4.78 is 5.58. The fraction of sp³-hybridized carbons (Fsp3) is 0.562. The third-order valence-corrected chi connectivity index (χ3v) is 4.81. The molecule has 0 radical (unpaired) electrons. The Hall–Kier alpha value is -1.51. The molecule has 1 aromatic carbocycles. The van der Waals surface area contributed by atoms with Crippen molar-refractivity contribution in [1.29, 1.82) is 0 Å². The second kappa shape index (κ2) is 4.55. The lowest BCUT2D eigenvalue weighted by Crippen LogP contribution is -2.54. The first-order chi connectivity index (χ1) is 9.17. The standard InChI is InChI=1S/C16H21NO2/c1-12-4-3-5-14(15(12)19-2)13-6-7-16(8-13)9-17(10-16)11-18/h3-5,11,13H,6-10H2,1-2H3. The minimum Gasteiger partial charge on any atom is -0.496 e. The molecule has 1 unspecified atom stereocenters. The number of methoxy groups -OCH3 is 1. The molecule has 1 amide bonds. The largest absolute Gasteiger partial charge is 0.496 e. The average Bonchev–Trinajstić information content (AvgIpc) is 2.81.